The fourth-order valence-corrected chi connectivity index (χ4v) is 1.17. The van der Waals surface area contributed by atoms with Crippen molar-refractivity contribution < 1.29 is 9.53 Å². The van der Waals surface area contributed by atoms with Gasteiger partial charge in [0.2, 0.25) is 0 Å². The van der Waals surface area contributed by atoms with Crippen LogP contribution in [0.2, 0.25) is 0 Å². The van der Waals surface area contributed by atoms with Crippen LogP contribution in [0.3, 0.4) is 0 Å². The van der Waals surface area contributed by atoms with E-state index in [1.54, 1.807) is 32.2 Å². The number of aromatic nitrogens is 1. The maximum Gasteiger partial charge on any atom is 0.257 e. The average Bonchev–Trinajstić information content (AvgIpc) is 2.17. The number of methoxy groups -OCH3 is 1. The summed E-state index contributed by atoms with van der Waals surface area (Å²) in [7, 11) is 1.49. The molecule has 1 aromatic rings. The van der Waals surface area contributed by atoms with Crippen molar-refractivity contribution in [3.8, 4) is 0 Å². The van der Waals surface area contributed by atoms with Crippen molar-refractivity contribution in [2.75, 3.05) is 12.4 Å². The summed E-state index contributed by atoms with van der Waals surface area (Å²) in [4.78, 5) is 15.7. The second-order valence-corrected chi connectivity index (χ2v) is 4.44. The predicted molar refractivity (Wildman–Crippen MR) is 61.7 cm³/mol. The number of amides is 1. The molecule has 1 rings (SSSR count). The summed E-state index contributed by atoms with van der Waals surface area (Å²) in [6.45, 7) is 3.39. The number of nitrogens with zero attached hydrogens (tertiary/aromatic N) is 1. The van der Waals surface area contributed by atoms with Crippen molar-refractivity contribution in [3.63, 3.8) is 0 Å². The first-order valence-electron chi connectivity index (χ1n) is 4.44. The molecule has 0 saturated heterocycles. The van der Waals surface area contributed by atoms with E-state index in [-0.39, 0.29) is 5.91 Å². The largest absolute Gasteiger partial charge is 0.369 e. The molecule has 0 aliphatic carbocycles. The maximum atomic E-state index is 11.7. The van der Waals surface area contributed by atoms with Crippen LogP contribution in [0, 0.1) is 0 Å². The topological polar surface area (TPSA) is 51.2 Å². The van der Waals surface area contributed by atoms with Crippen LogP contribution in [-0.4, -0.2) is 23.6 Å². The van der Waals surface area contributed by atoms with Crippen LogP contribution in [0.5, 0.6) is 0 Å². The minimum atomic E-state index is -0.857. The van der Waals surface area contributed by atoms with Gasteiger partial charge < -0.3 is 10.1 Å². The first kappa shape index (κ1) is 12.1. The summed E-state index contributed by atoms with van der Waals surface area (Å²) in [5, 5.41) is 2.67. The van der Waals surface area contributed by atoms with E-state index in [0.29, 0.717) is 5.82 Å². The van der Waals surface area contributed by atoms with E-state index in [1.165, 1.54) is 7.11 Å². The van der Waals surface area contributed by atoms with Gasteiger partial charge in [0.1, 0.15) is 11.4 Å². The quantitative estimate of drug-likeness (QED) is 0.918. The van der Waals surface area contributed by atoms with Crippen LogP contribution in [0.25, 0.3) is 0 Å². The lowest BCUT2D eigenvalue weighted by Gasteiger charge is -2.21. The molecule has 0 fully saturated rings. The van der Waals surface area contributed by atoms with Crippen molar-refractivity contribution in [2.45, 2.75) is 19.4 Å². The summed E-state index contributed by atoms with van der Waals surface area (Å²) < 4.78 is 5.91. The van der Waals surface area contributed by atoms with Gasteiger partial charge in [-0.3, -0.25) is 4.79 Å². The summed E-state index contributed by atoms with van der Waals surface area (Å²) in [5.74, 6) is 0.273. The molecule has 1 N–H and O–H groups in total. The van der Waals surface area contributed by atoms with Crippen LogP contribution in [-0.2, 0) is 9.53 Å². The van der Waals surface area contributed by atoms with E-state index in [2.05, 4.69) is 26.2 Å². The van der Waals surface area contributed by atoms with Crippen molar-refractivity contribution in [2.24, 2.45) is 0 Å². The Kier molecular flexibility index (Phi) is 3.82. The average molecular weight is 273 g/mol. The SMILES string of the molecule is COC(C)(C)C(=O)Nc1cc(Br)ccn1. The number of rotatable bonds is 3. The van der Waals surface area contributed by atoms with Gasteiger partial charge in [-0.05, 0) is 26.0 Å². The summed E-state index contributed by atoms with van der Waals surface area (Å²) in [6.07, 6.45) is 1.61. The van der Waals surface area contributed by atoms with Gasteiger partial charge in [0, 0.05) is 17.8 Å². The number of carbonyl (C=O) groups is 1. The third-order valence-electron chi connectivity index (χ3n) is 2.02. The summed E-state index contributed by atoms with van der Waals surface area (Å²) in [5.41, 5.74) is -0.857. The third kappa shape index (κ3) is 3.28. The maximum absolute atomic E-state index is 11.7. The molecule has 82 valence electrons. The van der Waals surface area contributed by atoms with Gasteiger partial charge in [-0.25, -0.2) is 4.98 Å². The molecule has 15 heavy (non-hydrogen) atoms. The molecule has 1 aromatic heterocycles. The van der Waals surface area contributed by atoms with E-state index >= 15 is 0 Å². The lowest BCUT2D eigenvalue weighted by molar-refractivity contribution is -0.133. The minimum Gasteiger partial charge on any atom is -0.369 e. The highest BCUT2D eigenvalue weighted by atomic mass is 79.9. The zero-order chi connectivity index (χ0) is 11.5. The number of hydrogen-bond acceptors (Lipinski definition) is 3. The predicted octanol–water partition coefficient (Wildman–Crippen LogP) is 2.21. The molecule has 0 atom stereocenters. The molecule has 0 spiro atoms. The van der Waals surface area contributed by atoms with Crippen LogP contribution in [0.15, 0.2) is 22.8 Å². The van der Waals surface area contributed by atoms with Gasteiger partial charge in [0.15, 0.2) is 0 Å². The highest BCUT2D eigenvalue weighted by Crippen LogP contribution is 2.15. The first-order valence-corrected chi connectivity index (χ1v) is 5.23. The number of nitrogens with one attached hydrogen (secondary N) is 1. The van der Waals surface area contributed by atoms with Gasteiger partial charge in [-0.15, -0.1) is 0 Å². The summed E-state index contributed by atoms with van der Waals surface area (Å²) in [6, 6.07) is 3.51. The molecular weight excluding hydrogens is 260 g/mol. The highest BCUT2D eigenvalue weighted by molar-refractivity contribution is 9.10. The zero-order valence-electron chi connectivity index (χ0n) is 8.87. The number of carbonyl (C=O) groups excluding carboxylic acids is 1. The molecule has 0 aliphatic rings. The van der Waals surface area contributed by atoms with E-state index in [1.807, 2.05) is 0 Å². The number of pyridine rings is 1. The third-order valence-corrected chi connectivity index (χ3v) is 2.51. The number of anilines is 1. The Balaban J connectivity index is 2.75. The van der Waals surface area contributed by atoms with E-state index in [4.69, 9.17) is 4.74 Å². The van der Waals surface area contributed by atoms with Crippen molar-refractivity contribution in [1.82, 2.24) is 4.98 Å². The Labute approximate surface area is 97.2 Å². The molecule has 0 aromatic carbocycles. The Morgan fingerprint density at radius 2 is 2.27 bits per heavy atom. The van der Waals surface area contributed by atoms with E-state index in [0.717, 1.165) is 4.47 Å². The second-order valence-electron chi connectivity index (χ2n) is 3.53. The Bertz CT molecular complexity index is 366. The van der Waals surface area contributed by atoms with Crippen molar-refractivity contribution in [1.29, 1.82) is 0 Å². The zero-order valence-corrected chi connectivity index (χ0v) is 10.5. The van der Waals surface area contributed by atoms with Gasteiger partial charge in [0.25, 0.3) is 5.91 Å². The Morgan fingerprint density at radius 1 is 1.60 bits per heavy atom. The minimum absolute atomic E-state index is 0.226. The first-order chi connectivity index (χ1) is 6.95. The normalized spacial score (nSPS) is 11.2. The van der Waals surface area contributed by atoms with Crippen LogP contribution >= 0.6 is 15.9 Å². The van der Waals surface area contributed by atoms with Gasteiger partial charge in [-0.2, -0.15) is 0 Å². The number of halogens is 1. The Morgan fingerprint density at radius 3 is 2.80 bits per heavy atom. The lowest BCUT2D eigenvalue weighted by Crippen LogP contribution is -2.39. The molecule has 0 bridgehead atoms. The van der Waals surface area contributed by atoms with Gasteiger partial charge in [0.05, 0.1) is 0 Å². The number of hydrogen-bond donors (Lipinski definition) is 1. The second kappa shape index (κ2) is 4.72. The standard InChI is InChI=1S/C10H13BrN2O2/c1-10(2,15-3)9(14)13-8-6-7(11)4-5-12-8/h4-6H,1-3H3,(H,12,13,14). The molecule has 1 amide bonds. The highest BCUT2D eigenvalue weighted by Gasteiger charge is 2.27. The van der Waals surface area contributed by atoms with Crippen LogP contribution < -0.4 is 5.32 Å². The fraction of sp³-hybridized carbons (Fsp3) is 0.400. The Hall–Kier alpha value is -0.940. The number of ether oxygens (including phenoxy) is 1. The molecule has 1 heterocycles. The monoisotopic (exact) mass is 272 g/mol. The van der Waals surface area contributed by atoms with Gasteiger partial charge >= 0.3 is 0 Å². The molecule has 0 aliphatic heterocycles. The molecule has 4 nitrogen and oxygen atoms in total. The lowest BCUT2D eigenvalue weighted by atomic mass is 10.1. The molecule has 0 saturated carbocycles. The molecular formula is C10H13BrN2O2. The van der Waals surface area contributed by atoms with Crippen molar-refractivity contribution >= 4 is 27.7 Å². The van der Waals surface area contributed by atoms with Crippen LogP contribution in [0.4, 0.5) is 5.82 Å². The van der Waals surface area contributed by atoms with Crippen LogP contribution in [0.1, 0.15) is 13.8 Å². The van der Waals surface area contributed by atoms with Gasteiger partial charge in [-0.1, -0.05) is 15.9 Å². The van der Waals surface area contributed by atoms with E-state index in [9.17, 15) is 4.79 Å². The van der Waals surface area contributed by atoms with E-state index < -0.39 is 5.60 Å². The molecule has 5 heteroatoms. The molecule has 0 radical (unpaired) electrons. The van der Waals surface area contributed by atoms with Crippen molar-refractivity contribution in [3.05, 3.63) is 22.8 Å². The fourth-order valence-electron chi connectivity index (χ4n) is 0.833. The molecule has 0 unspecified atom stereocenters. The summed E-state index contributed by atoms with van der Waals surface area (Å²) >= 11 is 3.30. The smallest absolute Gasteiger partial charge is 0.257 e.